The summed E-state index contributed by atoms with van der Waals surface area (Å²) < 4.78 is 5.01. The molecule has 1 N–H and O–H groups in total. The van der Waals surface area contributed by atoms with Gasteiger partial charge in [-0.2, -0.15) is 0 Å². The van der Waals surface area contributed by atoms with Gasteiger partial charge in [0.15, 0.2) is 11.9 Å². The Morgan fingerprint density at radius 1 is 1.56 bits per heavy atom. The second-order valence-corrected chi connectivity index (χ2v) is 3.33. The molecule has 0 spiro atoms. The van der Waals surface area contributed by atoms with Crippen molar-refractivity contribution in [1.29, 1.82) is 0 Å². The number of carbonyl (C=O) groups is 1. The Morgan fingerprint density at radius 2 is 2.19 bits per heavy atom. The first-order valence-electron chi connectivity index (χ1n) is 4.56. The molecule has 1 atom stereocenters. The number of hydrogen-bond donors (Lipinski definition) is 1. The van der Waals surface area contributed by atoms with Crippen molar-refractivity contribution in [2.75, 3.05) is 0 Å². The molecule has 6 heteroatoms. The van der Waals surface area contributed by atoms with Gasteiger partial charge in [-0.15, -0.1) is 0 Å². The third-order valence-corrected chi connectivity index (χ3v) is 1.96. The second-order valence-electron chi connectivity index (χ2n) is 3.33. The Bertz CT molecular complexity index is 429. The van der Waals surface area contributed by atoms with E-state index in [4.69, 9.17) is 9.84 Å². The molecule has 0 aliphatic heterocycles. The van der Waals surface area contributed by atoms with E-state index >= 15 is 0 Å². The van der Waals surface area contributed by atoms with Gasteiger partial charge in [-0.25, -0.2) is 4.79 Å². The topological polar surface area (TPSA) is 89.7 Å². The maximum absolute atomic E-state index is 10.7. The number of nitro benzene ring substituents is 1. The van der Waals surface area contributed by atoms with E-state index in [1.807, 2.05) is 0 Å². The Kier molecular flexibility index (Phi) is 3.44. The van der Waals surface area contributed by atoms with Crippen molar-refractivity contribution >= 4 is 11.7 Å². The van der Waals surface area contributed by atoms with E-state index in [1.54, 1.807) is 13.0 Å². The average Bonchev–Trinajstić information content (AvgIpc) is 2.16. The molecule has 0 fully saturated rings. The number of rotatable bonds is 4. The number of ether oxygens (including phenoxy) is 1. The van der Waals surface area contributed by atoms with E-state index < -0.39 is 17.0 Å². The minimum absolute atomic E-state index is 0.0279. The summed E-state index contributed by atoms with van der Waals surface area (Å²) in [4.78, 5) is 20.6. The quantitative estimate of drug-likeness (QED) is 0.622. The molecule has 0 bridgehead atoms. The lowest BCUT2D eigenvalue weighted by Crippen LogP contribution is -2.23. The van der Waals surface area contributed by atoms with Gasteiger partial charge in [-0.05, 0) is 25.5 Å². The van der Waals surface area contributed by atoms with E-state index in [1.165, 1.54) is 19.1 Å². The maximum Gasteiger partial charge on any atom is 0.344 e. The number of aliphatic carboxylic acids is 1. The molecule has 0 heterocycles. The van der Waals surface area contributed by atoms with Crippen LogP contribution in [-0.2, 0) is 4.79 Å². The Morgan fingerprint density at radius 3 is 2.69 bits per heavy atom. The normalized spacial score (nSPS) is 11.9. The fourth-order valence-electron chi connectivity index (χ4n) is 1.11. The van der Waals surface area contributed by atoms with Gasteiger partial charge < -0.3 is 9.84 Å². The smallest absolute Gasteiger partial charge is 0.344 e. The second kappa shape index (κ2) is 4.61. The van der Waals surface area contributed by atoms with Crippen LogP contribution in [0.1, 0.15) is 12.5 Å². The summed E-state index contributed by atoms with van der Waals surface area (Å²) in [6, 6.07) is 4.30. The van der Waals surface area contributed by atoms with Gasteiger partial charge in [-0.3, -0.25) is 10.1 Å². The lowest BCUT2D eigenvalue weighted by molar-refractivity contribution is -0.386. The number of hydrogen-bond acceptors (Lipinski definition) is 4. The number of carboxylic acids is 1. The van der Waals surface area contributed by atoms with Gasteiger partial charge in [0, 0.05) is 6.07 Å². The van der Waals surface area contributed by atoms with Crippen LogP contribution in [0, 0.1) is 17.0 Å². The van der Waals surface area contributed by atoms with Crippen molar-refractivity contribution < 1.29 is 19.6 Å². The van der Waals surface area contributed by atoms with Crippen molar-refractivity contribution in [3.8, 4) is 5.75 Å². The Hall–Kier alpha value is -2.11. The molecule has 1 aromatic rings. The fraction of sp³-hybridized carbons (Fsp3) is 0.300. The van der Waals surface area contributed by atoms with Crippen molar-refractivity contribution in [2.45, 2.75) is 20.0 Å². The number of benzene rings is 1. The Labute approximate surface area is 91.6 Å². The first-order valence-corrected chi connectivity index (χ1v) is 4.56. The van der Waals surface area contributed by atoms with E-state index in [0.717, 1.165) is 5.56 Å². The largest absolute Gasteiger partial charge is 0.479 e. The molecule has 0 amide bonds. The third kappa shape index (κ3) is 2.69. The number of nitro groups is 1. The summed E-state index contributed by atoms with van der Waals surface area (Å²) in [5.41, 5.74) is 0.525. The molecular weight excluding hydrogens is 214 g/mol. The van der Waals surface area contributed by atoms with Crippen molar-refractivity contribution in [3.63, 3.8) is 0 Å². The molecule has 0 radical (unpaired) electrons. The maximum atomic E-state index is 10.7. The monoisotopic (exact) mass is 225 g/mol. The van der Waals surface area contributed by atoms with Crippen LogP contribution in [-0.4, -0.2) is 22.1 Å². The highest BCUT2D eigenvalue weighted by atomic mass is 16.6. The number of carboxylic acid groups (broad SMARTS) is 1. The van der Waals surface area contributed by atoms with Gasteiger partial charge in [0.05, 0.1) is 4.92 Å². The SMILES string of the molecule is Cc1ccc([N+](=O)[O-])c(O[C@H](C)C(=O)O)c1. The highest BCUT2D eigenvalue weighted by Crippen LogP contribution is 2.28. The molecule has 0 saturated heterocycles. The molecule has 1 aromatic carbocycles. The standard InChI is InChI=1S/C10H11NO5/c1-6-3-4-8(11(14)15)9(5-6)16-7(2)10(12)13/h3-5,7H,1-2H3,(H,12,13)/t7-/m1/s1. The van der Waals surface area contributed by atoms with Crippen LogP contribution < -0.4 is 4.74 Å². The van der Waals surface area contributed by atoms with Crippen LogP contribution in [0.25, 0.3) is 0 Å². The lowest BCUT2D eigenvalue weighted by Gasteiger charge is -2.10. The third-order valence-electron chi connectivity index (χ3n) is 1.96. The summed E-state index contributed by atoms with van der Waals surface area (Å²) in [7, 11) is 0. The zero-order valence-electron chi connectivity index (χ0n) is 8.84. The number of nitrogens with zero attached hydrogens (tertiary/aromatic N) is 1. The minimum atomic E-state index is -1.17. The number of aryl methyl sites for hydroxylation is 1. The summed E-state index contributed by atoms with van der Waals surface area (Å²) in [5, 5.41) is 19.3. The van der Waals surface area contributed by atoms with Crippen molar-refractivity contribution in [3.05, 3.63) is 33.9 Å². The minimum Gasteiger partial charge on any atom is -0.479 e. The summed E-state index contributed by atoms with van der Waals surface area (Å²) in [6.45, 7) is 3.05. The highest BCUT2D eigenvalue weighted by molar-refractivity contribution is 5.72. The van der Waals surface area contributed by atoms with E-state index in [2.05, 4.69) is 0 Å². The average molecular weight is 225 g/mol. The van der Waals surface area contributed by atoms with Gasteiger partial charge in [0.1, 0.15) is 0 Å². The van der Waals surface area contributed by atoms with Crippen LogP contribution in [0.2, 0.25) is 0 Å². The Balaban J connectivity index is 3.05. The highest BCUT2D eigenvalue weighted by Gasteiger charge is 2.20. The molecule has 0 aliphatic rings. The van der Waals surface area contributed by atoms with Crippen LogP contribution in [0.4, 0.5) is 5.69 Å². The van der Waals surface area contributed by atoms with Gasteiger partial charge >= 0.3 is 11.7 Å². The molecule has 0 aliphatic carbocycles. The molecule has 1 rings (SSSR count). The molecule has 86 valence electrons. The van der Waals surface area contributed by atoms with Crippen molar-refractivity contribution in [2.24, 2.45) is 0 Å². The van der Waals surface area contributed by atoms with E-state index in [0.29, 0.717) is 0 Å². The van der Waals surface area contributed by atoms with Gasteiger partial charge in [0.2, 0.25) is 0 Å². The van der Waals surface area contributed by atoms with E-state index in [-0.39, 0.29) is 11.4 Å². The first-order chi connectivity index (χ1) is 7.41. The molecule has 6 nitrogen and oxygen atoms in total. The van der Waals surface area contributed by atoms with Crippen molar-refractivity contribution in [1.82, 2.24) is 0 Å². The summed E-state index contributed by atoms with van der Waals surface area (Å²) in [6.07, 6.45) is -1.12. The van der Waals surface area contributed by atoms with Gasteiger partial charge in [-0.1, -0.05) is 6.07 Å². The van der Waals surface area contributed by atoms with Crippen LogP contribution in [0.5, 0.6) is 5.75 Å². The van der Waals surface area contributed by atoms with Crippen LogP contribution >= 0.6 is 0 Å². The zero-order chi connectivity index (χ0) is 12.3. The molecule has 0 unspecified atom stereocenters. The van der Waals surface area contributed by atoms with Crippen LogP contribution in [0.15, 0.2) is 18.2 Å². The predicted molar refractivity (Wildman–Crippen MR) is 55.6 cm³/mol. The summed E-state index contributed by atoms with van der Waals surface area (Å²) in [5.74, 6) is -1.20. The predicted octanol–water partition coefficient (Wildman–Crippen LogP) is 1.76. The lowest BCUT2D eigenvalue weighted by atomic mass is 10.2. The molecule has 0 saturated carbocycles. The van der Waals surface area contributed by atoms with Gasteiger partial charge in [0.25, 0.3) is 0 Å². The fourth-order valence-corrected chi connectivity index (χ4v) is 1.11. The zero-order valence-corrected chi connectivity index (χ0v) is 8.84. The van der Waals surface area contributed by atoms with E-state index in [9.17, 15) is 14.9 Å². The van der Waals surface area contributed by atoms with Crippen LogP contribution in [0.3, 0.4) is 0 Å². The summed E-state index contributed by atoms with van der Waals surface area (Å²) >= 11 is 0. The molecule has 16 heavy (non-hydrogen) atoms. The first kappa shape index (κ1) is 12.0. The molecular formula is C10H11NO5. The molecule has 0 aromatic heterocycles.